The van der Waals surface area contributed by atoms with Crippen molar-refractivity contribution in [3.05, 3.63) is 30.0 Å². The summed E-state index contributed by atoms with van der Waals surface area (Å²) in [6, 6.07) is 6.30. The smallest absolute Gasteiger partial charge is 0.120 e. The number of benzene rings is 1. The number of methoxy groups -OCH3 is 1. The van der Waals surface area contributed by atoms with E-state index in [9.17, 15) is 0 Å². The number of aromatic amines is 1. The molecule has 96 valence electrons. The number of aromatic nitrogens is 1. The second-order valence-corrected chi connectivity index (χ2v) is 5.23. The van der Waals surface area contributed by atoms with Crippen LogP contribution in [0.5, 0.6) is 5.75 Å². The largest absolute Gasteiger partial charge is 0.497 e. The number of H-pyrrole nitrogens is 1. The van der Waals surface area contributed by atoms with E-state index in [0.717, 1.165) is 11.3 Å². The minimum absolute atomic E-state index is 0.162. The monoisotopic (exact) mass is 244 g/mol. The molecule has 1 saturated carbocycles. The fraction of sp³-hybridized carbons (Fsp3) is 0.467. The third-order valence-corrected chi connectivity index (χ3v) is 4.19. The molecule has 1 aliphatic rings. The van der Waals surface area contributed by atoms with Gasteiger partial charge in [-0.2, -0.15) is 0 Å². The highest BCUT2D eigenvalue weighted by atomic mass is 16.5. The third-order valence-electron chi connectivity index (χ3n) is 4.19. The van der Waals surface area contributed by atoms with E-state index in [4.69, 9.17) is 10.5 Å². The first-order valence-electron chi connectivity index (χ1n) is 6.70. The van der Waals surface area contributed by atoms with E-state index in [1.54, 1.807) is 7.11 Å². The molecule has 0 amide bonds. The molecule has 3 N–H and O–H groups in total. The van der Waals surface area contributed by atoms with Crippen LogP contribution in [0.25, 0.3) is 10.9 Å². The number of ether oxygens (including phenoxy) is 1. The highest BCUT2D eigenvalue weighted by molar-refractivity contribution is 5.85. The summed E-state index contributed by atoms with van der Waals surface area (Å²) >= 11 is 0. The van der Waals surface area contributed by atoms with Crippen molar-refractivity contribution in [3.8, 4) is 5.75 Å². The van der Waals surface area contributed by atoms with Crippen molar-refractivity contribution in [2.24, 2.45) is 11.7 Å². The first-order chi connectivity index (χ1) is 8.79. The third kappa shape index (κ3) is 1.89. The van der Waals surface area contributed by atoms with Crippen LogP contribution >= 0.6 is 0 Å². The van der Waals surface area contributed by atoms with Crippen molar-refractivity contribution in [1.29, 1.82) is 0 Å². The van der Waals surface area contributed by atoms with Crippen LogP contribution in [0.15, 0.2) is 24.4 Å². The molecule has 3 rings (SSSR count). The summed E-state index contributed by atoms with van der Waals surface area (Å²) in [7, 11) is 1.69. The van der Waals surface area contributed by atoms with Crippen LogP contribution in [0.3, 0.4) is 0 Å². The van der Waals surface area contributed by atoms with E-state index in [1.807, 2.05) is 12.1 Å². The average molecular weight is 244 g/mol. The normalized spacial score (nSPS) is 18.3. The van der Waals surface area contributed by atoms with Crippen LogP contribution in [0, 0.1) is 5.92 Å². The molecule has 1 atom stereocenters. The predicted octanol–water partition coefficient (Wildman–Crippen LogP) is 3.37. The van der Waals surface area contributed by atoms with E-state index in [2.05, 4.69) is 17.2 Å². The Morgan fingerprint density at radius 3 is 2.83 bits per heavy atom. The second-order valence-electron chi connectivity index (χ2n) is 5.23. The summed E-state index contributed by atoms with van der Waals surface area (Å²) in [5, 5.41) is 1.23. The number of nitrogens with two attached hydrogens (primary N) is 1. The summed E-state index contributed by atoms with van der Waals surface area (Å²) in [4.78, 5) is 3.31. The molecule has 1 unspecified atom stereocenters. The van der Waals surface area contributed by atoms with Gasteiger partial charge in [0.25, 0.3) is 0 Å². The van der Waals surface area contributed by atoms with Gasteiger partial charge in [0.15, 0.2) is 0 Å². The fourth-order valence-electron chi connectivity index (χ4n) is 3.10. The highest BCUT2D eigenvalue weighted by Gasteiger charge is 2.25. The van der Waals surface area contributed by atoms with Crippen molar-refractivity contribution >= 4 is 10.9 Å². The van der Waals surface area contributed by atoms with E-state index in [0.29, 0.717) is 5.92 Å². The standard InChI is InChI=1S/C15H20N2O/c1-18-11-6-7-12-13(9-17-14(12)8-11)15(16)10-4-2-3-5-10/h6-10,15,17H,2-5,16H2,1H3. The van der Waals surface area contributed by atoms with Crippen LogP contribution in [0.1, 0.15) is 37.3 Å². The van der Waals surface area contributed by atoms with Gasteiger partial charge in [0.05, 0.1) is 7.11 Å². The maximum atomic E-state index is 6.43. The first-order valence-corrected chi connectivity index (χ1v) is 6.70. The molecular weight excluding hydrogens is 224 g/mol. The van der Waals surface area contributed by atoms with Crippen molar-refractivity contribution in [1.82, 2.24) is 4.98 Å². The van der Waals surface area contributed by atoms with Crippen molar-refractivity contribution < 1.29 is 4.74 Å². The molecule has 1 fully saturated rings. The lowest BCUT2D eigenvalue weighted by molar-refractivity contribution is 0.415. The van der Waals surface area contributed by atoms with E-state index in [-0.39, 0.29) is 6.04 Å². The van der Waals surface area contributed by atoms with Crippen LogP contribution < -0.4 is 10.5 Å². The van der Waals surface area contributed by atoms with Crippen LogP contribution in [0.4, 0.5) is 0 Å². The van der Waals surface area contributed by atoms with Crippen LogP contribution in [0.2, 0.25) is 0 Å². The molecule has 0 aliphatic heterocycles. The molecular formula is C15H20N2O. The van der Waals surface area contributed by atoms with Crippen LogP contribution in [-0.4, -0.2) is 12.1 Å². The highest BCUT2D eigenvalue weighted by Crippen LogP contribution is 2.37. The maximum Gasteiger partial charge on any atom is 0.120 e. The SMILES string of the molecule is COc1ccc2c(C(N)C3CCCC3)c[nH]c2c1. The van der Waals surface area contributed by atoms with Crippen LogP contribution in [-0.2, 0) is 0 Å². The van der Waals surface area contributed by atoms with E-state index < -0.39 is 0 Å². The molecule has 0 saturated heterocycles. The van der Waals surface area contributed by atoms with E-state index >= 15 is 0 Å². The van der Waals surface area contributed by atoms with Gasteiger partial charge in [-0.15, -0.1) is 0 Å². The Morgan fingerprint density at radius 1 is 1.33 bits per heavy atom. The van der Waals surface area contributed by atoms with E-state index in [1.165, 1.54) is 36.6 Å². The van der Waals surface area contributed by atoms with Gasteiger partial charge in [0.2, 0.25) is 0 Å². The Bertz CT molecular complexity index is 540. The molecule has 1 aliphatic carbocycles. The Labute approximate surface area is 107 Å². The molecule has 1 aromatic carbocycles. The summed E-state index contributed by atoms with van der Waals surface area (Å²) in [6.07, 6.45) is 7.25. The quantitative estimate of drug-likeness (QED) is 0.869. The fourth-order valence-corrected chi connectivity index (χ4v) is 3.10. The molecule has 3 heteroatoms. The average Bonchev–Trinajstić information content (AvgIpc) is 3.06. The summed E-state index contributed by atoms with van der Waals surface area (Å²) in [6.45, 7) is 0. The lowest BCUT2D eigenvalue weighted by Gasteiger charge is -2.18. The summed E-state index contributed by atoms with van der Waals surface area (Å²) in [5.41, 5.74) is 8.79. The molecule has 18 heavy (non-hydrogen) atoms. The predicted molar refractivity (Wildman–Crippen MR) is 73.7 cm³/mol. The Hall–Kier alpha value is -1.48. The first kappa shape index (κ1) is 11.6. The van der Waals surface area contributed by atoms with Crippen molar-refractivity contribution in [2.45, 2.75) is 31.7 Å². The van der Waals surface area contributed by atoms with Gasteiger partial charge < -0.3 is 15.5 Å². The van der Waals surface area contributed by atoms with Gasteiger partial charge in [-0.05, 0) is 36.5 Å². The zero-order valence-electron chi connectivity index (χ0n) is 10.8. The number of nitrogens with one attached hydrogen (secondary N) is 1. The Kier molecular flexibility index (Phi) is 3.00. The van der Waals surface area contributed by atoms with Gasteiger partial charge in [-0.3, -0.25) is 0 Å². The number of hydrogen-bond acceptors (Lipinski definition) is 2. The molecule has 1 aromatic heterocycles. The van der Waals surface area contributed by atoms with Gasteiger partial charge in [-0.25, -0.2) is 0 Å². The van der Waals surface area contributed by atoms with Gasteiger partial charge in [0.1, 0.15) is 5.75 Å². The Balaban J connectivity index is 1.96. The molecule has 3 nitrogen and oxygen atoms in total. The Morgan fingerprint density at radius 2 is 2.11 bits per heavy atom. The zero-order valence-corrected chi connectivity index (χ0v) is 10.8. The second kappa shape index (κ2) is 4.65. The van der Waals surface area contributed by atoms with Gasteiger partial charge in [0, 0.05) is 29.2 Å². The number of rotatable bonds is 3. The topological polar surface area (TPSA) is 51.0 Å². The lowest BCUT2D eigenvalue weighted by atomic mass is 9.92. The van der Waals surface area contributed by atoms with Crippen molar-refractivity contribution in [3.63, 3.8) is 0 Å². The summed E-state index contributed by atoms with van der Waals surface area (Å²) < 4.78 is 5.24. The minimum Gasteiger partial charge on any atom is -0.497 e. The number of hydrogen-bond donors (Lipinski definition) is 2. The lowest BCUT2D eigenvalue weighted by Crippen LogP contribution is -2.18. The van der Waals surface area contributed by atoms with Gasteiger partial charge in [-0.1, -0.05) is 12.8 Å². The summed E-state index contributed by atoms with van der Waals surface area (Å²) in [5.74, 6) is 1.52. The van der Waals surface area contributed by atoms with Crippen molar-refractivity contribution in [2.75, 3.05) is 7.11 Å². The minimum atomic E-state index is 0.162. The maximum absolute atomic E-state index is 6.43. The zero-order chi connectivity index (χ0) is 12.5. The van der Waals surface area contributed by atoms with Gasteiger partial charge >= 0.3 is 0 Å². The molecule has 0 spiro atoms. The molecule has 0 bridgehead atoms. The molecule has 0 radical (unpaired) electrons. The number of fused-ring (bicyclic) bond motifs is 1. The molecule has 2 aromatic rings. The molecule has 1 heterocycles.